The number of thioether (sulfide) groups is 1. The van der Waals surface area contributed by atoms with Gasteiger partial charge in [-0.25, -0.2) is 0 Å². The zero-order valence-electron chi connectivity index (χ0n) is 9.15. The Hall–Kier alpha value is -1.29. The Labute approximate surface area is 98.3 Å². The van der Waals surface area contributed by atoms with Gasteiger partial charge in [-0.15, -0.1) is 0 Å². The first-order valence-corrected chi connectivity index (χ1v) is 6.13. The summed E-state index contributed by atoms with van der Waals surface area (Å²) in [5.41, 5.74) is 1.61. The van der Waals surface area contributed by atoms with Gasteiger partial charge in [0.2, 0.25) is 5.91 Å². The molecule has 3 nitrogen and oxygen atoms in total. The van der Waals surface area contributed by atoms with E-state index in [1.165, 1.54) is 0 Å². The van der Waals surface area contributed by atoms with Crippen LogP contribution >= 0.6 is 11.8 Å². The average molecular weight is 232 g/mol. The maximum absolute atomic E-state index is 12.0. The van der Waals surface area contributed by atoms with E-state index in [1.807, 2.05) is 38.1 Å². The molecule has 0 unspecified atom stereocenters. The van der Waals surface area contributed by atoms with Gasteiger partial charge in [0.15, 0.2) is 0 Å². The van der Waals surface area contributed by atoms with Gasteiger partial charge < -0.3 is 5.32 Å². The zero-order valence-corrected chi connectivity index (χ0v) is 9.97. The average Bonchev–Trinajstić information content (AvgIpc) is 2.56. The Bertz CT molecular complexity index is 511. The Morgan fingerprint density at radius 1 is 1.44 bits per heavy atom. The molecule has 4 heteroatoms. The summed E-state index contributed by atoms with van der Waals surface area (Å²) in [6.07, 6.45) is 0. The van der Waals surface area contributed by atoms with Gasteiger partial charge in [0.25, 0.3) is 0 Å². The first kappa shape index (κ1) is 9.90. The van der Waals surface area contributed by atoms with Crippen LogP contribution in [-0.4, -0.2) is 16.2 Å². The van der Waals surface area contributed by atoms with Gasteiger partial charge in [-0.3, -0.25) is 9.79 Å². The van der Waals surface area contributed by atoms with E-state index in [-0.39, 0.29) is 11.2 Å². The molecule has 2 atom stereocenters. The van der Waals surface area contributed by atoms with Gasteiger partial charge in [-0.1, -0.05) is 30.0 Å². The summed E-state index contributed by atoms with van der Waals surface area (Å²) < 4.78 is 0. The zero-order chi connectivity index (χ0) is 11.3. The van der Waals surface area contributed by atoms with Crippen LogP contribution in [0.1, 0.15) is 19.4 Å². The van der Waals surface area contributed by atoms with Crippen LogP contribution in [0.25, 0.3) is 0 Å². The summed E-state index contributed by atoms with van der Waals surface area (Å²) in [5, 5.41) is 3.81. The van der Waals surface area contributed by atoms with Crippen LogP contribution in [0, 0.1) is 0 Å². The molecule has 0 saturated carbocycles. The highest BCUT2D eigenvalue weighted by atomic mass is 32.2. The monoisotopic (exact) mass is 232 g/mol. The van der Waals surface area contributed by atoms with Crippen molar-refractivity contribution in [2.45, 2.75) is 24.6 Å². The van der Waals surface area contributed by atoms with Crippen molar-refractivity contribution in [1.29, 1.82) is 0 Å². The molecule has 1 aromatic carbocycles. The lowest BCUT2D eigenvalue weighted by molar-refractivity contribution is -0.117. The molecule has 2 aliphatic rings. The number of nitrogens with one attached hydrogen (secondary N) is 1. The molecule has 3 rings (SSSR count). The lowest BCUT2D eigenvalue weighted by Crippen LogP contribution is -2.44. The predicted molar refractivity (Wildman–Crippen MR) is 66.9 cm³/mol. The fourth-order valence-corrected chi connectivity index (χ4v) is 3.60. The van der Waals surface area contributed by atoms with Gasteiger partial charge in [0, 0.05) is 11.3 Å². The minimum atomic E-state index is -0.395. The third-order valence-corrected chi connectivity index (χ3v) is 4.50. The van der Waals surface area contributed by atoms with Gasteiger partial charge >= 0.3 is 0 Å². The third kappa shape index (κ3) is 1.16. The molecule has 0 aromatic heterocycles. The Balaban J connectivity index is 2.24. The number of aliphatic imine (C=N–C) groups is 1. The number of rotatable bonds is 0. The van der Waals surface area contributed by atoms with Crippen molar-refractivity contribution in [1.82, 2.24) is 0 Å². The standard InChI is InChI=1S/C12H12N2OS/c1-7-14-12(2)8-5-3-4-6-9(8)13-11(15)10(12)16-7/h3-6,10H,1-2H3,(H,13,15)/t10-,12+/m0/s1. The summed E-state index contributed by atoms with van der Waals surface area (Å²) in [5.74, 6) is 0.0619. The maximum Gasteiger partial charge on any atom is 0.240 e. The maximum atomic E-state index is 12.0. The van der Waals surface area contributed by atoms with Crippen molar-refractivity contribution < 1.29 is 4.79 Å². The summed E-state index contributed by atoms with van der Waals surface area (Å²) in [6, 6.07) is 7.90. The second kappa shape index (κ2) is 3.10. The SMILES string of the molecule is CC1=N[C@]2(C)c3ccccc3NC(=O)[C@@H]2S1. The second-order valence-corrected chi connectivity index (χ2v) is 5.61. The molecule has 16 heavy (non-hydrogen) atoms. The largest absolute Gasteiger partial charge is 0.325 e. The van der Waals surface area contributed by atoms with Crippen LogP contribution in [0.15, 0.2) is 29.3 Å². The highest BCUT2D eigenvalue weighted by Crippen LogP contribution is 2.48. The van der Waals surface area contributed by atoms with Gasteiger partial charge in [0.05, 0.1) is 5.04 Å². The molecule has 0 saturated heterocycles. The number of amides is 1. The lowest BCUT2D eigenvalue weighted by atomic mass is 9.84. The molecule has 0 fully saturated rings. The molecule has 2 aliphatic heterocycles. The van der Waals surface area contributed by atoms with E-state index in [0.717, 1.165) is 16.3 Å². The Morgan fingerprint density at radius 2 is 2.19 bits per heavy atom. The first-order valence-electron chi connectivity index (χ1n) is 5.25. The molecule has 2 heterocycles. The molecule has 1 N–H and O–H groups in total. The van der Waals surface area contributed by atoms with E-state index in [2.05, 4.69) is 10.3 Å². The molecule has 0 radical (unpaired) electrons. The van der Waals surface area contributed by atoms with E-state index in [9.17, 15) is 4.79 Å². The Kier molecular flexibility index (Phi) is 1.92. The minimum absolute atomic E-state index is 0.0619. The number of hydrogen-bond acceptors (Lipinski definition) is 3. The van der Waals surface area contributed by atoms with Crippen LogP contribution in [0.2, 0.25) is 0 Å². The number of nitrogens with zero attached hydrogens (tertiary/aromatic N) is 1. The van der Waals surface area contributed by atoms with Gasteiger partial charge in [-0.05, 0) is 19.9 Å². The molecule has 1 amide bonds. The highest BCUT2D eigenvalue weighted by Gasteiger charge is 2.49. The fraction of sp³-hybridized carbons (Fsp3) is 0.333. The van der Waals surface area contributed by atoms with Crippen molar-refractivity contribution in [3.63, 3.8) is 0 Å². The van der Waals surface area contributed by atoms with Crippen LogP contribution in [0.3, 0.4) is 0 Å². The quantitative estimate of drug-likeness (QED) is 0.746. The van der Waals surface area contributed by atoms with Crippen LogP contribution in [-0.2, 0) is 10.3 Å². The molecule has 0 bridgehead atoms. The number of carbonyl (C=O) groups excluding carboxylic acids is 1. The molecule has 0 aliphatic carbocycles. The van der Waals surface area contributed by atoms with E-state index >= 15 is 0 Å². The summed E-state index contributed by atoms with van der Waals surface area (Å²) in [6.45, 7) is 4.00. The molecule has 0 spiro atoms. The van der Waals surface area contributed by atoms with E-state index in [4.69, 9.17) is 0 Å². The summed E-state index contributed by atoms with van der Waals surface area (Å²) >= 11 is 1.56. The van der Waals surface area contributed by atoms with Crippen LogP contribution < -0.4 is 5.32 Å². The fourth-order valence-electron chi connectivity index (χ4n) is 2.44. The van der Waals surface area contributed by atoms with E-state index < -0.39 is 5.54 Å². The first-order chi connectivity index (χ1) is 7.61. The minimum Gasteiger partial charge on any atom is -0.325 e. The van der Waals surface area contributed by atoms with Crippen LogP contribution in [0.4, 0.5) is 5.69 Å². The van der Waals surface area contributed by atoms with Crippen molar-refractivity contribution >= 4 is 28.4 Å². The number of benzene rings is 1. The van der Waals surface area contributed by atoms with Gasteiger partial charge in [-0.2, -0.15) is 0 Å². The van der Waals surface area contributed by atoms with E-state index in [0.29, 0.717) is 0 Å². The molecular weight excluding hydrogens is 220 g/mol. The number of carbonyl (C=O) groups is 1. The number of hydrogen-bond donors (Lipinski definition) is 1. The summed E-state index contributed by atoms with van der Waals surface area (Å²) in [4.78, 5) is 16.6. The number of anilines is 1. The predicted octanol–water partition coefficient (Wildman–Crippen LogP) is 2.39. The number of para-hydroxylation sites is 1. The van der Waals surface area contributed by atoms with Crippen LogP contribution in [0.5, 0.6) is 0 Å². The van der Waals surface area contributed by atoms with Crippen molar-refractivity contribution in [2.75, 3.05) is 5.32 Å². The second-order valence-electron chi connectivity index (χ2n) is 4.31. The van der Waals surface area contributed by atoms with Gasteiger partial charge in [0.1, 0.15) is 10.8 Å². The van der Waals surface area contributed by atoms with Crippen molar-refractivity contribution in [2.24, 2.45) is 4.99 Å². The molecule has 1 aromatic rings. The number of fused-ring (bicyclic) bond motifs is 3. The smallest absolute Gasteiger partial charge is 0.240 e. The topological polar surface area (TPSA) is 41.5 Å². The summed E-state index contributed by atoms with van der Waals surface area (Å²) in [7, 11) is 0. The van der Waals surface area contributed by atoms with Crippen molar-refractivity contribution in [3.8, 4) is 0 Å². The normalized spacial score (nSPS) is 31.5. The highest BCUT2D eigenvalue weighted by molar-refractivity contribution is 8.15. The molecular formula is C12H12N2OS. The van der Waals surface area contributed by atoms with Crippen molar-refractivity contribution in [3.05, 3.63) is 29.8 Å². The third-order valence-electron chi connectivity index (χ3n) is 3.16. The molecule has 82 valence electrons. The van der Waals surface area contributed by atoms with E-state index in [1.54, 1.807) is 11.8 Å². The lowest BCUT2D eigenvalue weighted by Gasteiger charge is -2.34. The Morgan fingerprint density at radius 3 is 3.00 bits per heavy atom.